The second-order valence-electron chi connectivity index (χ2n) is 12.7. The van der Waals surface area contributed by atoms with Gasteiger partial charge in [-0.1, -0.05) is 50.6 Å². The number of hydrogen-bond donors (Lipinski definition) is 3. The number of nitrogens with zero attached hydrogens (tertiary/aromatic N) is 1. The van der Waals surface area contributed by atoms with Crippen LogP contribution >= 0.6 is 0 Å². The minimum atomic E-state index is -4.11. The average molecular weight is 648 g/mol. The molecule has 3 heterocycles. The Kier molecular flexibility index (Phi) is 10.9. The number of nitrogens with one attached hydrogen (secondary N) is 1. The first-order chi connectivity index (χ1) is 21.6. The number of amides is 1. The van der Waals surface area contributed by atoms with E-state index < -0.39 is 39.8 Å². The van der Waals surface area contributed by atoms with Gasteiger partial charge in [0.1, 0.15) is 6.10 Å². The molecule has 0 aromatic heterocycles. The first-order valence-corrected chi connectivity index (χ1v) is 17.0. The largest absolute Gasteiger partial charge is 0.454 e. The Balaban J connectivity index is 1.37. The number of aliphatic hydroxyl groups is 1. The Bertz CT molecular complexity index is 1390. The lowest BCUT2D eigenvalue weighted by atomic mass is 9.87. The Hall–Kier alpha value is -2.94. The highest BCUT2D eigenvalue weighted by molar-refractivity contribution is 7.89. The Labute approximate surface area is 265 Å². The van der Waals surface area contributed by atoms with Crippen LogP contribution in [-0.2, 0) is 30.7 Å². The van der Waals surface area contributed by atoms with Crippen molar-refractivity contribution in [2.45, 2.75) is 75.4 Å². The van der Waals surface area contributed by atoms with E-state index in [1.807, 2.05) is 44.2 Å². The standard InChI is InChI=1S/C32H45N3O9S/c1-32(2,13-6-7-14-33)20-35(45(38,39)23-10-11-27-28(17-23)43-21-42-27)18-26(36)25(16-22-8-4-3-5-9-22)34-31(37)44-29-19-41-30-24(29)12-15-40-30/h3-5,8-11,17,24-26,29-30,36H,6-7,12-16,18-21,33H2,1-2H3,(H,34,37)/t24-,25+,26-,29-,30+/m1/s1. The van der Waals surface area contributed by atoms with Gasteiger partial charge >= 0.3 is 6.09 Å². The third-order valence-corrected chi connectivity index (χ3v) is 10.4. The molecule has 0 aliphatic carbocycles. The van der Waals surface area contributed by atoms with E-state index in [0.29, 0.717) is 24.7 Å². The van der Waals surface area contributed by atoms with Gasteiger partial charge in [-0.2, -0.15) is 4.31 Å². The Morgan fingerprint density at radius 3 is 2.69 bits per heavy atom. The summed E-state index contributed by atoms with van der Waals surface area (Å²) in [6, 6.07) is 13.0. The molecule has 12 nitrogen and oxygen atoms in total. The summed E-state index contributed by atoms with van der Waals surface area (Å²) in [4.78, 5) is 13.2. The van der Waals surface area contributed by atoms with Crippen molar-refractivity contribution in [2.24, 2.45) is 17.1 Å². The molecule has 13 heteroatoms. The summed E-state index contributed by atoms with van der Waals surface area (Å²) in [5.74, 6) is 0.768. The van der Waals surface area contributed by atoms with Crippen molar-refractivity contribution in [1.82, 2.24) is 9.62 Å². The van der Waals surface area contributed by atoms with Gasteiger partial charge in [-0.05, 0) is 55.3 Å². The zero-order valence-electron chi connectivity index (χ0n) is 25.9. The summed E-state index contributed by atoms with van der Waals surface area (Å²) in [6.45, 7) is 5.21. The lowest BCUT2D eigenvalue weighted by Crippen LogP contribution is -2.52. The van der Waals surface area contributed by atoms with E-state index in [-0.39, 0.29) is 50.0 Å². The number of aliphatic hydroxyl groups excluding tert-OH is 1. The molecule has 45 heavy (non-hydrogen) atoms. The van der Waals surface area contributed by atoms with Crippen molar-refractivity contribution in [1.29, 1.82) is 0 Å². The predicted molar refractivity (Wildman–Crippen MR) is 165 cm³/mol. The molecule has 0 radical (unpaired) electrons. The second kappa shape index (κ2) is 14.7. The van der Waals surface area contributed by atoms with Gasteiger partial charge in [0.05, 0.1) is 36.2 Å². The molecular formula is C32H45N3O9S. The molecule has 0 saturated carbocycles. The number of nitrogens with two attached hydrogens (primary N) is 1. The number of ether oxygens (including phenoxy) is 5. The summed E-state index contributed by atoms with van der Waals surface area (Å²) in [5.41, 5.74) is 6.14. The van der Waals surface area contributed by atoms with E-state index in [9.17, 15) is 18.3 Å². The zero-order chi connectivity index (χ0) is 32.0. The minimum Gasteiger partial charge on any atom is -0.454 e. The summed E-state index contributed by atoms with van der Waals surface area (Å²) in [7, 11) is -4.11. The first-order valence-electron chi connectivity index (χ1n) is 15.6. The number of unbranched alkanes of at least 4 members (excludes halogenated alkanes) is 1. The smallest absolute Gasteiger partial charge is 0.407 e. The van der Waals surface area contributed by atoms with Crippen molar-refractivity contribution in [3.63, 3.8) is 0 Å². The van der Waals surface area contributed by atoms with Gasteiger partial charge in [0, 0.05) is 19.2 Å². The average Bonchev–Trinajstić information content (AvgIpc) is 3.75. The van der Waals surface area contributed by atoms with E-state index in [1.165, 1.54) is 16.4 Å². The minimum absolute atomic E-state index is 0.0137. The second-order valence-corrected chi connectivity index (χ2v) is 14.6. The molecular weight excluding hydrogens is 602 g/mol. The molecule has 2 fully saturated rings. The van der Waals surface area contributed by atoms with Crippen LogP contribution in [0.5, 0.6) is 11.5 Å². The molecule has 3 aliphatic rings. The highest BCUT2D eigenvalue weighted by atomic mass is 32.2. The molecule has 5 atom stereocenters. The van der Waals surface area contributed by atoms with Crippen LogP contribution in [0.25, 0.3) is 0 Å². The summed E-state index contributed by atoms with van der Waals surface area (Å²) in [6.07, 6.45) is 0.559. The fourth-order valence-electron chi connectivity index (χ4n) is 6.10. The lowest BCUT2D eigenvalue weighted by molar-refractivity contribution is -0.0907. The van der Waals surface area contributed by atoms with Crippen molar-refractivity contribution < 1.29 is 42.0 Å². The van der Waals surface area contributed by atoms with Crippen LogP contribution in [0.4, 0.5) is 4.79 Å². The molecule has 1 amide bonds. The van der Waals surface area contributed by atoms with Gasteiger partial charge in [-0.15, -0.1) is 0 Å². The van der Waals surface area contributed by atoms with Gasteiger partial charge in [-0.3, -0.25) is 0 Å². The molecule has 2 aromatic carbocycles. The molecule has 2 saturated heterocycles. The van der Waals surface area contributed by atoms with E-state index in [1.54, 1.807) is 6.07 Å². The SMILES string of the molecule is CC(C)(CCCCN)CN(C[C@@H](O)[C@H](Cc1ccccc1)NC(=O)O[C@@H]1CO[C@@H]2OCC[C@@H]21)S(=O)(=O)c1ccc2c(c1)OCO2. The number of hydrogen-bond acceptors (Lipinski definition) is 10. The fraction of sp³-hybridized carbons (Fsp3) is 0.594. The maximum Gasteiger partial charge on any atom is 0.407 e. The van der Waals surface area contributed by atoms with E-state index in [0.717, 1.165) is 31.2 Å². The van der Waals surface area contributed by atoms with E-state index >= 15 is 0 Å². The number of carbonyl (C=O) groups excluding carboxylic acids is 1. The van der Waals surface area contributed by atoms with Crippen LogP contribution in [0.15, 0.2) is 53.4 Å². The van der Waals surface area contributed by atoms with Crippen LogP contribution in [0.1, 0.15) is 45.1 Å². The third-order valence-electron chi connectivity index (χ3n) is 8.59. The number of rotatable bonds is 15. The van der Waals surface area contributed by atoms with Crippen LogP contribution in [-0.4, -0.2) is 88.1 Å². The van der Waals surface area contributed by atoms with Gasteiger partial charge in [0.25, 0.3) is 0 Å². The maximum absolute atomic E-state index is 14.2. The molecule has 5 rings (SSSR count). The van der Waals surface area contributed by atoms with Gasteiger partial charge < -0.3 is 39.8 Å². The Morgan fingerprint density at radius 1 is 1.13 bits per heavy atom. The topological polar surface area (TPSA) is 159 Å². The first kappa shape index (κ1) is 33.4. The number of benzene rings is 2. The number of fused-ring (bicyclic) bond motifs is 2. The monoisotopic (exact) mass is 647 g/mol. The van der Waals surface area contributed by atoms with E-state index in [4.69, 9.17) is 29.4 Å². The molecule has 0 bridgehead atoms. The van der Waals surface area contributed by atoms with Crippen LogP contribution < -0.4 is 20.5 Å². The van der Waals surface area contributed by atoms with Crippen LogP contribution in [0.2, 0.25) is 0 Å². The quantitative estimate of drug-likeness (QED) is 0.245. The van der Waals surface area contributed by atoms with Crippen molar-refractivity contribution in [3.05, 3.63) is 54.1 Å². The summed E-state index contributed by atoms with van der Waals surface area (Å²) >= 11 is 0. The Morgan fingerprint density at radius 2 is 1.91 bits per heavy atom. The van der Waals surface area contributed by atoms with Crippen molar-refractivity contribution in [2.75, 3.05) is 39.6 Å². The molecule has 0 spiro atoms. The molecule has 0 unspecified atom stereocenters. The van der Waals surface area contributed by atoms with Crippen molar-refractivity contribution in [3.8, 4) is 11.5 Å². The van der Waals surface area contributed by atoms with E-state index in [2.05, 4.69) is 5.32 Å². The van der Waals surface area contributed by atoms with Gasteiger partial charge in [-0.25, -0.2) is 13.2 Å². The zero-order valence-corrected chi connectivity index (χ0v) is 26.7. The highest BCUT2D eigenvalue weighted by Gasteiger charge is 2.44. The summed E-state index contributed by atoms with van der Waals surface area (Å²) in [5, 5.41) is 14.5. The molecule has 2 aromatic rings. The fourth-order valence-corrected chi connectivity index (χ4v) is 7.76. The normalized spacial score (nSPS) is 22.3. The van der Waals surface area contributed by atoms with Gasteiger partial charge in [0.2, 0.25) is 16.8 Å². The lowest BCUT2D eigenvalue weighted by Gasteiger charge is -2.35. The number of alkyl carbamates (subject to hydrolysis) is 1. The maximum atomic E-state index is 14.2. The highest BCUT2D eigenvalue weighted by Crippen LogP contribution is 2.36. The molecule has 4 N–H and O–H groups in total. The van der Waals surface area contributed by atoms with Crippen molar-refractivity contribution >= 4 is 16.1 Å². The predicted octanol–water partition coefficient (Wildman–Crippen LogP) is 3.02. The van der Waals surface area contributed by atoms with Crippen LogP contribution in [0.3, 0.4) is 0 Å². The van der Waals surface area contributed by atoms with Crippen LogP contribution in [0, 0.1) is 11.3 Å². The third kappa shape index (κ3) is 8.46. The van der Waals surface area contributed by atoms with Gasteiger partial charge in [0.15, 0.2) is 17.8 Å². The molecule has 3 aliphatic heterocycles. The molecule has 248 valence electrons. The summed E-state index contributed by atoms with van der Waals surface area (Å²) < 4.78 is 57.3. The number of carbonyl (C=O) groups is 1. The number of sulfonamides is 1.